The summed E-state index contributed by atoms with van der Waals surface area (Å²) in [5.41, 5.74) is 3.74. The van der Waals surface area contributed by atoms with Crippen molar-refractivity contribution in [3.05, 3.63) is 72.1 Å². The maximum atomic E-state index is 4.53. The summed E-state index contributed by atoms with van der Waals surface area (Å²) in [4.78, 5) is 22.5. The fourth-order valence-corrected chi connectivity index (χ4v) is 4.50. The summed E-state index contributed by atoms with van der Waals surface area (Å²) in [5, 5.41) is 21.1. The molecule has 0 amide bonds. The van der Waals surface area contributed by atoms with Crippen molar-refractivity contribution in [1.82, 2.24) is 49.7 Å². The minimum Gasteiger partial charge on any atom is -0.315 e. The Kier molecular flexibility index (Phi) is 6.95. The second kappa shape index (κ2) is 10.8. The van der Waals surface area contributed by atoms with Gasteiger partial charge in [-0.15, -0.1) is 11.3 Å². The van der Waals surface area contributed by atoms with Crippen molar-refractivity contribution in [2.45, 2.75) is 13.8 Å². The number of aryl methyl sites for hydroxylation is 2. The topological polar surface area (TPSA) is 159 Å². The highest BCUT2D eigenvalue weighted by molar-refractivity contribution is 7.16. The molecular weight excluding hydrogens is 496 g/mol. The van der Waals surface area contributed by atoms with Gasteiger partial charge in [-0.3, -0.25) is 15.2 Å². The van der Waals surface area contributed by atoms with Crippen molar-refractivity contribution < 1.29 is 0 Å². The van der Waals surface area contributed by atoms with Gasteiger partial charge >= 0.3 is 0 Å². The van der Waals surface area contributed by atoms with E-state index in [0.717, 1.165) is 38.3 Å². The van der Waals surface area contributed by atoms with Gasteiger partial charge in [0.25, 0.3) is 0 Å². The molecule has 0 saturated carbocycles. The highest BCUT2D eigenvalue weighted by Gasteiger charge is 2.11. The summed E-state index contributed by atoms with van der Waals surface area (Å²) < 4.78 is 4.26. The van der Waals surface area contributed by atoms with Gasteiger partial charge < -0.3 is 10.6 Å². The van der Waals surface area contributed by atoms with Gasteiger partial charge in [0, 0.05) is 52.5 Å². The first-order valence-electron chi connectivity index (χ1n) is 10.7. The van der Waals surface area contributed by atoms with Crippen LogP contribution in [0.2, 0.25) is 0 Å². The van der Waals surface area contributed by atoms with Gasteiger partial charge in [0.15, 0.2) is 16.8 Å². The van der Waals surface area contributed by atoms with Gasteiger partial charge in [-0.1, -0.05) is 6.07 Å². The van der Waals surface area contributed by atoms with E-state index in [-0.39, 0.29) is 0 Å². The van der Waals surface area contributed by atoms with Crippen LogP contribution < -0.4 is 10.6 Å². The molecule has 6 heterocycles. The number of thiazole rings is 1. The van der Waals surface area contributed by atoms with Crippen LogP contribution in [-0.4, -0.2) is 49.7 Å². The summed E-state index contributed by atoms with van der Waals surface area (Å²) in [5.74, 6) is 2.11. The molecule has 0 aliphatic rings. The molecule has 0 fully saturated rings. The van der Waals surface area contributed by atoms with Gasteiger partial charge in [0.2, 0.25) is 5.13 Å². The van der Waals surface area contributed by atoms with Crippen LogP contribution in [0.5, 0.6) is 0 Å². The molecule has 0 radical (unpaired) electrons. The maximum absolute atomic E-state index is 4.53. The Hall–Kier alpha value is -4.56. The predicted molar refractivity (Wildman–Crippen MR) is 139 cm³/mol. The molecule has 0 aromatic carbocycles. The fraction of sp³-hybridized carbons (Fsp3) is 0.0909. The summed E-state index contributed by atoms with van der Waals surface area (Å²) in [7, 11) is 0. The van der Waals surface area contributed by atoms with E-state index in [1.54, 1.807) is 48.5 Å². The van der Waals surface area contributed by atoms with Crippen LogP contribution in [0, 0.1) is 13.8 Å². The average Bonchev–Trinajstić information content (AvgIpc) is 3.68. The quantitative estimate of drug-likeness (QED) is 0.243. The van der Waals surface area contributed by atoms with Crippen LogP contribution in [0.1, 0.15) is 10.6 Å². The Bertz CT molecular complexity index is 1510. The minimum absolute atomic E-state index is 0.656. The van der Waals surface area contributed by atoms with Gasteiger partial charge in [-0.2, -0.15) is 19.6 Å². The molecule has 36 heavy (non-hydrogen) atoms. The Morgan fingerprint density at radius 1 is 0.806 bits per heavy atom. The number of rotatable bonds is 6. The lowest BCUT2D eigenvalue weighted by Gasteiger charge is -2.00. The summed E-state index contributed by atoms with van der Waals surface area (Å²) >= 11 is 2.87. The molecule has 0 bridgehead atoms. The van der Waals surface area contributed by atoms with E-state index in [1.807, 2.05) is 38.2 Å². The first-order valence-corrected chi connectivity index (χ1v) is 12.3. The standard InChI is InChI=1S/2C11H10N6S/c1-7-10(8-4-14-15-5-8)17-11(18-7)16-9-6-12-2-3-13-9;1-7-3-2-4-9(14-7)15-11-16-10(17-18-11)8-5-12-13-6-8/h2-6H,1H3,(H,14,15)(H,13,16,17);2-6H,1H3,(H,12,13)(H,14,15,16,17). The smallest absolute Gasteiger partial charge is 0.208 e. The van der Waals surface area contributed by atoms with Crippen molar-refractivity contribution in [2.24, 2.45) is 0 Å². The number of nitrogens with zero attached hydrogens (tertiary/aromatic N) is 8. The van der Waals surface area contributed by atoms with Crippen LogP contribution in [0.3, 0.4) is 0 Å². The van der Waals surface area contributed by atoms with Crippen LogP contribution in [-0.2, 0) is 0 Å². The second-order valence-electron chi connectivity index (χ2n) is 7.33. The summed E-state index contributed by atoms with van der Waals surface area (Å²) in [6, 6.07) is 5.79. The van der Waals surface area contributed by atoms with E-state index in [9.17, 15) is 0 Å². The Morgan fingerprint density at radius 3 is 2.33 bits per heavy atom. The van der Waals surface area contributed by atoms with E-state index < -0.39 is 0 Å². The number of pyridine rings is 1. The molecule has 14 heteroatoms. The van der Waals surface area contributed by atoms with Crippen molar-refractivity contribution >= 4 is 44.8 Å². The molecule has 0 unspecified atom stereocenters. The zero-order valence-electron chi connectivity index (χ0n) is 19.2. The highest BCUT2D eigenvalue weighted by atomic mass is 32.1. The molecule has 6 aromatic heterocycles. The lowest BCUT2D eigenvalue weighted by Crippen LogP contribution is -1.93. The number of aromatic nitrogens is 10. The largest absolute Gasteiger partial charge is 0.315 e. The monoisotopic (exact) mass is 516 g/mol. The number of H-pyrrole nitrogens is 2. The molecular formula is C22H20N12S2. The van der Waals surface area contributed by atoms with Gasteiger partial charge in [0.1, 0.15) is 5.82 Å². The van der Waals surface area contributed by atoms with Gasteiger partial charge in [0.05, 0.1) is 29.8 Å². The van der Waals surface area contributed by atoms with E-state index in [1.165, 1.54) is 11.5 Å². The number of nitrogens with one attached hydrogen (secondary N) is 4. The van der Waals surface area contributed by atoms with Crippen molar-refractivity contribution in [3.8, 4) is 22.6 Å². The van der Waals surface area contributed by atoms with E-state index in [2.05, 4.69) is 60.3 Å². The third-order valence-electron chi connectivity index (χ3n) is 4.67. The van der Waals surface area contributed by atoms with Crippen molar-refractivity contribution in [2.75, 3.05) is 10.6 Å². The predicted octanol–water partition coefficient (Wildman–Crippen LogP) is 4.75. The Balaban J connectivity index is 0.000000148. The zero-order chi connectivity index (χ0) is 24.7. The molecule has 0 saturated heterocycles. The number of hydrogen-bond donors (Lipinski definition) is 4. The molecule has 4 N–H and O–H groups in total. The maximum Gasteiger partial charge on any atom is 0.208 e. The second-order valence-corrected chi connectivity index (χ2v) is 9.28. The first kappa shape index (κ1) is 23.2. The zero-order valence-corrected chi connectivity index (χ0v) is 20.8. The minimum atomic E-state index is 0.656. The summed E-state index contributed by atoms with van der Waals surface area (Å²) in [6.45, 7) is 3.98. The SMILES string of the molecule is Cc1cccc(Nc2nc(-c3cn[nH]c3)ns2)n1.Cc1sc(Nc2cnccn2)nc1-c1cn[nH]c1. The average molecular weight is 517 g/mol. The number of anilines is 4. The third kappa shape index (κ3) is 5.73. The van der Waals surface area contributed by atoms with Gasteiger partial charge in [-0.25, -0.2) is 15.0 Å². The van der Waals surface area contributed by atoms with Crippen LogP contribution in [0.15, 0.2) is 61.6 Å². The molecule has 0 aliphatic carbocycles. The van der Waals surface area contributed by atoms with Crippen molar-refractivity contribution in [1.29, 1.82) is 0 Å². The Labute approximate surface area is 213 Å². The van der Waals surface area contributed by atoms with Crippen LogP contribution in [0.4, 0.5) is 21.9 Å². The van der Waals surface area contributed by atoms with E-state index in [4.69, 9.17) is 0 Å². The van der Waals surface area contributed by atoms with Crippen LogP contribution in [0.25, 0.3) is 22.6 Å². The number of hydrogen-bond acceptors (Lipinski definition) is 12. The van der Waals surface area contributed by atoms with E-state index >= 15 is 0 Å². The Morgan fingerprint density at radius 2 is 1.61 bits per heavy atom. The summed E-state index contributed by atoms with van der Waals surface area (Å²) in [6.07, 6.45) is 12.0. The molecule has 0 aliphatic heterocycles. The molecule has 180 valence electrons. The molecule has 0 atom stereocenters. The lowest BCUT2D eigenvalue weighted by atomic mass is 10.2. The van der Waals surface area contributed by atoms with E-state index in [0.29, 0.717) is 16.8 Å². The molecule has 12 nitrogen and oxygen atoms in total. The van der Waals surface area contributed by atoms with Crippen LogP contribution >= 0.6 is 22.9 Å². The lowest BCUT2D eigenvalue weighted by molar-refractivity contribution is 1.09. The normalized spacial score (nSPS) is 10.5. The first-order chi connectivity index (χ1) is 17.6. The highest BCUT2D eigenvalue weighted by Crippen LogP contribution is 2.30. The molecule has 0 spiro atoms. The van der Waals surface area contributed by atoms with Gasteiger partial charge in [-0.05, 0) is 26.0 Å². The molecule has 6 aromatic rings. The third-order valence-corrected chi connectivity index (χ3v) is 6.19. The fourth-order valence-electron chi connectivity index (χ4n) is 3.06. The van der Waals surface area contributed by atoms with Crippen molar-refractivity contribution in [3.63, 3.8) is 0 Å². The number of aromatic amines is 2. The molecule has 6 rings (SSSR count).